The number of aromatic nitrogens is 2. The number of guanidine groups is 1. The number of nitrogens with one attached hydrogen (secondary N) is 2. The molecule has 7 heteroatoms. The van der Waals surface area contributed by atoms with Gasteiger partial charge in [0, 0.05) is 18.3 Å². The van der Waals surface area contributed by atoms with Gasteiger partial charge in [-0.25, -0.2) is 4.99 Å². The second kappa shape index (κ2) is 9.23. The largest absolute Gasteiger partial charge is 0.466 e. The topological polar surface area (TPSA) is 87.6 Å². The van der Waals surface area contributed by atoms with E-state index < -0.39 is 5.60 Å². The Hall–Kier alpha value is -3.06. The monoisotopic (exact) mass is 381 g/mol. The second-order valence-corrected chi connectivity index (χ2v) is 6.83. The van der Waals surface area contributed by atoms with Crippen LogP contribution in [0.1, 0.15) is 30.7 Å². The number of benzene rings is 1. The molecule has 0 aliphatic carbocycles. The first-order valence-corrected chi connectivity index (χ1v) is 9.40. The van der Waals surface area contributed by atoms with Crippen molar-refractivity contribution in [2.24, 2.45) is 4.99 Å². The Kier molecular flexibility index (Phi) is 6.49. The predicted octanol–water partition coefficient (Wildman–Crippen LogP) is 2.49. The lowest BCUT2D eigenvalue weighted by Gasteiger charge is -2.22. The molecule has 1 atom stereocenters. The molecule has 3 N–H and O–H groups in total. The molecule has 3 rings (SSSR count). The third-order valence-electron chi connectivity index (χ3n) is 4.29. The Balaban J connectivity index is 1.58. The number of hydrogen-bond acceptors (Lipinski definition) is 4. The van der Waals surface area contributed by atoms with Crippen molar-refractivity contribution in [3.63, 3.8) is 0 Å². The molecule has 0 saturated carbocycles. The van der Waals surface area contributed by atoms with Gasteiger partial charge < -0.3 is 20.2 Å². The predicted molar refractivity (Wildman–Crippen MR) is 109 cm³/mol. The summed E-state index contributed by atoms with van der Waals surface area (Å²) >= 11 is 0. The number of hydrogen-bond donors (Lipinski definition) is 3. The molecular formula is C21H27N5O2. The van der Waals surface area contributed by atoms with Crippen LogP contribution in [0.5, 0.6) is 0 Å². The van der Waals surface area contributed by atoms with E-state index in [0.29, 0.717) is 18.3 Å². The fourth-order valence-electron chi connectivity index (χ4n) is 2.79. The fraction of sp³-hybridized carbons (Fsp3) is 0.333. The minimum absolute atomic E-state index is 0.277. The highest BCUT2D eigenvalue weighted by Gasteiger charge is 2.26. The maximum absolute atomic E-state index is 10.6. The molecule has 0 bridgehead atoms. The first-order valence-electron chi connectivity index (χ1n) is 9.40. The van der Waals surface area contributed by atoms with Gasteiger partial charge in [-0.1, -0.05) is 30.3 Å². The molecule has 0 radical (unpaired) electrons. The molecular weight excluding hydrogens is 354 g/mol. The van der Waals surface area contributed by atoms with Gasteiger partial charge in [-0.15, -0.1) is 0 Å². The van der Waals surface area contributed by atoms with Crippen LogP contribution in [0.3, 0.4) is 0 Å². The van der Waals surface area contributed by atoms with Gasteiger partial charge in [0.15, 0.2) is 5.96 Å². The maximum Gasteiger partial charge on any atom is 0.191 e. The Labute approximate surface area is 165 Å². The van der Waals surface area contributed by atoms with E-state index in [1.807, 2.05) is 42.2 Å². The van der Waals surface area contributed by atoms with Crippen molar-refractivity contribution in [1.82, 2.24) is 20.4 Å². The molecule has 1 aromatic carbocycles. The molecule has 7 nitrogen and oxygen atoms in total. The first kappa shape index (κ1) is 19.7. The molecule has 2 aromatic heterocycles. The zero-order valence-corrected chi connectivity index (χ0v) is 16.3. The van der Waals surface area contributed by atoms with Crippen molar-refractivity contribution < 1.29 is 9.52 Å². The average Bonchev–Trinajstić information content (AvgIpc) is 3.37. The van der Waals surface area contributed by atoms with Crippen molar-refractivity contribution in [1.29, 1.82) is 0 Å². The molecule has 1 unspecified atom stereocenters. The Morgan fingerprint density at radius 2 is 2.00 bits per heavy atom. The molecule has 0 spiro atoms. The molecule has 0 aliphatic rings. The summed E-state index contributed by atoms with van der Waals surface area (Å²) in [6.07, 6.45) is 5.38. The van der Waals surface area contributed by atoms with Crippen molar-refractivity contribution in [3.8, 4) is 0 Å². The standard InChI is InChI=1S/C21H27N5O2/c1-3-22-20(24-16-21(2,27)19-10-7-11-28-19)23-12-18-13-25-26(15-18)14-17-8-5-4-6-9-17/h4-11,13,15,27H,3,12,14,16H2,1-2H3,(H2,22,23,24). The van der Waals surface area contributed by atoms with Gasteiger partial charge in [-0.05, 0) is 31.5 Å². The van der Waals surface area contributed by atoms with Crippen molar-refractivity contribution in [2.45, 2.75) is 32.5 Å². The summed E-state index contributed by atoms with van der Waals surface area (Å²) in [5, 5.41) is 21.3. The van der Waals surface area contributed by atoms with Gasteiger partial charge in [-0.3, -0.25) is 4.68 Å². The number of furan rings is 1. The van der Waals surface area contributed by atoms with Crippen LogP contribution in [-0.4, -0.2) is 33.9 Å². The fourth-order valence-corrected chi connectivity index (χ4v) is 2.79. The summed E-state index contributed by atoms with van der Waals surface area (Å²) in [5.74, 6) is 1.14. The summed E-state index contributed by atoms with van der Waals surface area (Å²) in [6.45, 7) is 5.93. The van der Waals surface area contributed by atoms with Crippen LogP contribution in [0, 0.1) is 0 Å². The summed E-state index contributed by atoms with van der Waals surface area (Å²) in [4.78, 5) is 4.59. The molecule has 0 amide bonds. The van der Waals surface area contributed by atoms with Gasteiger partial charge in [0.2, 0.25) is 0 Å². The number of nitrogens with zero attached hydrogens (tertiary/aromatic N) is 3. The Bertz CT molecular complexity index is 869. The average molecular weight is 381 g/mol. The highest BCUT2D eigenvalue weighted by molar-refractivity contribution is 5.79. The molecule has 148 valence electrons. The van der Waals surface area contributed by atoms with Crippen LogP contribution >= 0.6 is 0 Å². The Morgan fingerprint density at radius 3 is 2.71 bits per heavy atom. The normalized spacial score (nSPS) is 13.9. The Morgan fingerprint density at radius 1 is 1.18 bits per heavy atom. The van der Waals surface area contributed by atoms with Gasteiger partial charge in [-0.2, -0.15) is 5.10 Å². The molecule has 0 aliphatic heterocycles. The van der Waals surface area contributed by atoms with Gasteiger partial charge in [0.05, 0.1) is 32.1 Å². The van der Waals surface area contributed by atoms with Crippen LogP contribution < -0.4 is 10.6 Å². The van der Waals surface area contributed by atoms with Gasteiger partial charge in [0.1, 0.15) is 11.4 Å². The molecule has 0 saturated heterocycles. The summed E-state index contributed by atoms with van der Waals surface area (Å²) in [6, 6.07) is 13.7. The quantitative estimate of drug-likeness (QED) is 0.412. The zero-order valence-electron chi connectivity index (χ0n) is 16.3. The van der Waals surface area contributed by atoms with Crippen LogP contribution in [0.4, 0.5) is 0 Å². The lowest BCUT2D eigenvalue weighted by atomic mass is 10.0. The van der Waals surface area contributed by atoms with E-state index in [2.05, 4.69) is 32.9 Å². The van der Waals surface area contributed by atoms with Crippen LogP contribution in [-0.2, 0) is 18.7 Å². The molecule has 3 aromatic rings. The molecule has 0 fully saturated rings. The summed E-state index contributed by atoms with van der Waals surface area (Å²) in [7, 11) is 0. The third-order valence-corrected chi connectivity index (χ3v) is 4.29. The highest BCUT2D eigenvalue weighted by atomic mass is 16.4. The van der Waals surface area contributed by atoms with E-state index in [0.717, 1.165) is 18.7 Å². The zero-order chi connectivity index (χ0) is 19.8. The lowest BCUT2D eigenvalue weighted by molar-refractivity contribution is 0.0386. The van der Waals surface area contributed by atoms with Crippen molar-refractivity contribution in [2.75, 3.05) is 13.1 Å². The van der Waals surface area contributed by atoms with E-state index in [1.54, 1.807) is 25.3 Å². The van der Waals surface area contributed by atoms with Crippen molar-refractivity contribution >= 4 is 5.96 Å². The van der Waals surface area contributed by atoms with E-state index in [4.69, 9.17) is 4.42 Å². The highest BCUT2D eigenvalue weighted by Crippen LogP contribution is 2.19. The summed E-state index contributed by atoms with van der Waals surface area (Å²) in [5.41, 5.74) is 1.10. The summed E-state index contributed by atoms with van der Waals surface area (Å²) < 4.78 is 7.22. The van der Waals surface area contributed by atoms with Crippen LogP contribution in [0.2, 0.25) is 0 Å². The van der Waals surface area contributed by atoms with Gasteiger partial charge >= 0.3 is 0 Å². The number of rotatable bonds is 8. The smallest absolute Gasteiger partial charge is 0.191 e. The van der Waals surface area contributed by atoms with Gasteiger partial charge in [0.25, 0.3) is 0 Å². The van der Waals surface area contributed by atoms with Crippen LogP contribution in [0.15, 0.2) is 70.5 Å². The first-order chi connectivity index (χ1) is 13.6. The number of aliphatic hydroxyl groups is 1. The SMILES string of the molecule is CCNC(=NCc1cnn(Cc2ccccc2)c1)NCC(C)(O)c1ccco1. The second-order valence-electron chi connectivity index (χ2n) is 6.83. The van der Waals surface area contributed by atoms with E-state index in [-0.39, 0.29) is 6.54 Å². The molecule has 2 heterocycles. The van der Waals surface area contributed by atoms with E-state index in [1.165, 1.54) is 5.56 Å². The minimum Gasteiger partial charge on any atom is -0.466 e. The third kappa shape index (κ3) is 5.47. The molecule has 28 heavy (non-hydrogen) atoms. The van der Waals surface area contributed by atoms with E-state index in [9.17, 15) is 5.11 Å². The van der Waals surface area contributed by atoms with E-state index >= 15 is 0 Å². The van der Waals surface area contributed by atoms with Crippen LogP contribution in [0.25, 0.3) is 0 Å². The lowest BCUT2D eigenvalue weighted by Crippen LogP contribution is -2.44. The maximum atomic E-state index is 10.6. The number of aliphatic imine (C=N–C) groups is 1. The minimum atomic E-state index is -1.12. The van der Waals surface area contributed by atoms with Crippen molar-refractivity contribution in [3.05, 3.63) is 78.0 Å².